The Labute approximate surface area is 327 Å². The maximum Gasteiger partial charge on any atom is 0.226 e. The normalized spacial score (nSPS) is 23.2. The molecule has 5 aromatic rings. The average Bonchev–Trinajstić information content (AvgIpc) is 3.45. The van der Waals surface area contributed by atoms with Gasteiger partial charge in [0.1, 0.15) is 5.52 Å². The van der Waals surface area contributed by atoms with Gasteiger partial charge in [-0.25, -0.2) is 9.37 Å². The second kappa shape index (κ2) is 13.8. The molecule has 0 unspecified atom stereocenters. The molecule has 5 aliphatic rings. The first-order chi connectivity index (χ1) is 26.2. The van der Waals surface area contributed by atoms with Gasteiger partial charge in [0.05, 0.1) is 58.1 Å². The minimum Gasteiger partial charge on any atom is -0.372 e. The Morgan fingerprint density at radius 1 is 1.07 bits per heavy atom. The number of amides is 1. The van der Waals surface area contributed by atoms with Crippen LogP contribution in [-0.4, -0.2) is 45.6 Å². The molecule has 274 valence electrons. The Morgan fingerprint density at radius 3 is 2.63 bits per heavy atom. The fourth-order valence-corrected chi connectivity index (χ4v) is 9.66. The minimum absolute atomic E-state index is 0.00448. The Kier molecular flexibility index (Phi) is 9.08. The van der Waals surface area contributed by atoms with Gasteiger partial charge in [-0.2, -0.15) is 10.5 Å². The largest absolute Gasteiger partial charge is 0.372 e. The molecule has 5 heterocycles. The highest BCUT2D eigenvalue weighted by molar-refractivity contribution is 6.43. The summed E-state index contributed by atoms with van der Waals surface area (Å²) in [5.41, 5.74) is 5.42. The van der Waals surface area contributed by atoms with Gasteiger partial charge in [0, 0.05) is 76.2 Å². The molecular weight excluding hydrogens is 746 g/mol. The van der Waals surface area contributed by atoms with Crippen LogP contribution in [0.15, 0.2) is 48.5 Å². The molecule has 0 radical (unpaired) electrons. The molecule has 5 fully saturated rings. The molecule has 3 saturated heterocycles. The second-order valence-corrected chi connectivity index (χ2v) is 16.4. The zero-order valence-electron chi connectivity index (χ0n) is 29.5. The molecular formula is C42H36Cl3FN6O2. The topological polar surface area (TPSA) is 107 Å². The first kappa shape index (κ1) is 35.5. The average molecular weight is 782 g/mol. The minimum atomic E-state index is -0.502. The first-order valence-corrected chi connectivity index (χ1v) is 19.6. The number of hydrogen-bond donors (Lipinski definition) is 1. The fraction of sp³-hybridized carbons (Fsp3) is 0.381. The van der Waals surface area contributed by atoms with Crippen molar-refractivity contribution < 1.29 is 13.9 Å². The number of carbonyl (C=O) groups is 1. The molecule has 3 aromatic carbocycles. The third-order valence-corrected chi connectivity index (χ3v) is 13.0. The number of carbonyl (C=O) groups excluding carboxylic acids is 1. The molecule has 2 aliphatic carbocycles. The molecule has 2 aromatic heterocycles. The molecule has 10 rings (SSSR count). The van der Waals surface area contributed by atoms with Gasteiger partial charge in [-0.05, 0) is 80.0 Å². The van der Waals surface area contributed by atoms with Crippen LogP contribution >= 0.6 is 34.8 Å². The van der Waals surface area contributed by atoms with E-state index in [1.807, 2.05) is 24.0 Å². The number of nitrogens with one attached hydrogen (secondary N) is 1. The van der Waals surface area contributed by atoms with Crippen molar-refractivity contribution >= 4 is 62.5 Å². The Morgan fingerprint density at radius 2 is 1.91 bits per heavy atom. The van der Waals surface area contributed by atoms with Gasteiger partial charge in [-0.3, -0.25) is 4.79 Å². The van der Waals surface area contributed by atoms with Gasteiger partial charge in [0.15, 0.2) is 5.82 Å². The van der Waals surface area contributed by atoms with Crippen LogP contribution in [0.4, 0.5) is 4.39 Å². The van der Waals surface area contributed by atoms with E-state index in [9.17, 15) is 15.3 Å². The molecule has 3 aliphatic heterocycles. The summed E-state index contributed by atoms with van der Waals surface area (Å²) in [6.45, 7) is 3.45. The van der Waals surface area contributed by atoms with E-state index >= 15 is 4.39 Å². The van der Waals surface area contributed by atoms with Crippen LogP contribution in [0.5, 0.6) is 0 Å². The number of aromatic nitrogens is 2. The van der Waals surface area contributed by atoms with E-state index in [0.29, 0.717) is 68.7 Å². The maximum absolute atomic E-state index is 17.2. The van der Waals surface area contributed by atoms with Crippen molar-refractivity contribution in [3.63, 3.8) is 0 Å². The van der Waals surface area contributed by atoms with E-state index in [-0.39, 0.29) is 59.6 Å². The smallest absolute Gasteiger partial charge is 0.226 e. The number of fused-ring (bicyclic) bond motifs is 4. The highest BCUT2D eigenvalue weighted by Gasteiger charge is 2.51. The summed E-state index contributed by atoms with van der Waals surface area (Å²) in [5, 5.41) is 25.7. The Balaban J connectivity index is 1.21. The van der Waals surface area contributed by atoms with Crippen molar-refractivity contribution in [3.8, 4) is 23.3 Å². The van der Waals surface area contributed by atoms with Crippen LogP contribution in [0.3, 0.4) is 0 Å². The lowest BCUT2D eigenvalue weighted by Crippen LogP contribution is -2.41. The maximum atomic E-state index is 17.2. The molecule has 2 bridgehead atoms. The number of aryl methyl sites for hydroxylation is 2. The summed E-state index contributed by atoms with van der Waals surface area (Å²) in [6, 6.07) is 19.0. The molecule has 8 nitrogen and oxygen atoms in total. The number of benzene rings is 3. The highest BCUT2D eigenvalue weighted by Crippen LogP contribution is 2.51. The third kappa shape index (κ3) is 5.84. The SMILES string of the molecule is Cc1nc2c(F)c(-c3cccc(Cl)c3Cl)c(CCC#N)cc2c2c1cc([C@H]1C[C@H](OCc3ccc(Cl)cc3C#N)CN1C(=O)C1CC1)n2[C@H]1[C@H]2CN[C@@H]1C2. The van der Waals surface area contributed by atoms with Crippen molar-refractivity contribution in [2.75, 3.05) is 13.1 Å². The standard InChI is InChI=1S/C42H36Cl3FN6O2/c1-21-30-16-35(34-15-28(19-51(34)42(53)22-7-8-22)54-20-24-9-10-27(43)12-25(24)17-48)52(40-26-14-33(40)49-18-26)41(30)31-13-23(4-3-11-47)36(38(46)39(31)50-21)29-5-2-6-32(44)37(29)45/h2,5-6,9-10,12-13,16,22,26,28,33-34,40,49H,3-4,7-8,14-15,18-20H2,1H3/t26-,28+,33-,34-,40+/m1/s1. The quantitative estimate of drug-likeness (QED) is 0.160. The van der Waals surface area contributed by atoms with Crippen molar-refractivity contribution in [3.05, 3.63) is 97.5 Å². The van der Waals surface area contributed by atoms with Gasteiger partial charge in [-0.1, -0.05) is 53.0 Å². The summed E-state index contributed by atoms with van der Waals surface area (Å²) in [5.74, 6) is 0.0207. The van der Waals surface area contributed by atoms with Crippen LogP contribution in [0.2, 0.25) is 15.1 Å². The molecule has 1 N–H and O–H groups in total. The van der Waals surface area contributed by atoms with E-state index < -0.39 is 5.82 Å². The van der Waals surface area contributed by atoms with E-state index in [4.69, 9.17) is 44.5 Å². The van der Waals surface area contributed by atoms with Crippen molar-refractivity contribution in [1.82, 2.24) is 19.8 Å². The lowest BCUT2D eigenvalue weighted by Gasteiger charge is -2.39. The zero-order valence-corrected chi connectivity index (χ0v) is 31.8. The van der Waals surface area contributed by atoms with Gasteiger partial charge in [0.2, 0.25) is 5.91 Å². The molecule has 2 saturated carbocycles. The third-order valence-electron chi connectivity index (χ3n) is 11.9. The Hall–Kier alpha value is -4.22. The number of nitriles is 2. The van der Waals surface area contributed by atoms with Crippen molar-refractivity contribution in [1.29, 1.82) is 10.5 Å². The summed E-state index contributed by atoms with van der Waals surface area (Å²) in [6.07, 6.45) is 3.61. The predicted molar refractivity (Wildman–Crippen MR) is 207 cm³/mol. The van der Waals surface area contributed by atoms with Gasteiger partial charge in [-0.15, -0.1) is 0 Å². The molecule has 5 atom stereocenters. The first-order valence-electron chi connectivity index (χ1n) is 18.5. The van der Waals surface area contributed by atoms with E-state index in [0.717, 1.165) is 48.0 Å². The number of halogens is 4. The van der Waals surface area contributed by atoms with E-state index in [1.165, 1.54) is 0 Å². The molecule has 54 heavy (non-hydrogen) atoms. The van der Waals surface area contributed by atoms with E-state index in [2.05, 4.69) is 28.1 Å². The summed E-state index contributed by atoms with van der Waals surface area (Å²) < 4.78 is 26.1. The number of pyridine rings is 1. The predicted octanol–water partition coefficient (Wildman–Crippen LogP) is 9.39. The Bertz CT molecular complexity index is 2450. The molecule has 0 spiro atoms. The number of ether oxygens (including phenoxy) is 1. The van der Waals surface area contributed by atoms with Gasteiger partial charge < -0.3 is 19.5 Å². The highest BCUT2D eigenvalue weighted by atomic mass is 35.5. The zero-order chi connectivity index (χ0) is 37.4. The monoisotopic (exact) mass is 780 g/mol. The molecule has 12 heteroatoms. The number of rotatable bonds is 9. The fourth-order valence-electron chi connectivity index (χ4n) is 9.09. The van der Waals surface area contributed by atoms with E-state index in [1.54, 1.807) is 30.3 Å². The van der Waals surface area contributed by atoms with Gasteiger partial charge in [0.25, 0.3) is 0 Å². The van der Waals surface area contributed by atoms with Crippen LogP contribution in [0.1, 0.15) is 72.3 Å². The summed E-state index contributed by atoms with van der Waals surface area (Å²) in [4.78, 5) is 21.0. The van der Waals surface area contributed by atoms with Crippen LogP contribution < -0.4 is 5.32 Å². The lowest BCUT2D eigenvalue weighted by atomic mass is 9.79. The summed E-state index contributed by atoms with van der Waals surface area (Å²) in [7, 11) is 0. The van der Waals surface area contributed by atoms with Crippen molar-refractivity contribution in [2.45, 2.75) is 76.3 Å². The number of nitrogens with zero attached hydrogens (tertiary/aromatic N) is 5. The van der Waals surface area contributed by atoms with Crippen LogP contribution in [0, 0.1) is 47.2 Å². The van der Waals surface area contributed by atoms with Crippen LogP contribution in [-0.2, 0) is 22.6 Å². The lowest BCUT2D eigenvalue weighted by molar-refractivity contribution is -0.134. The summed E-state index contributed by atoms with van der Waals surface area (Å²) >= 11 is 19.3. The second-order valence-electron chi connectivity index (χ2n) is 15.1. The van der Waals surface area contributed by atoms with Crippen LogP contribution in [0.25, 0.3) is 32.9 Å². The van der Waals surface area contributed by atoms with Gasteiger partial charge >= 0.3 is 0 Å². The number of likely N-dealkylation sites (tertiary alicyclic amines) is 1. The van der Waals surface area contributed by atoms with Crippen molar-refractivity contribution in [2.24, 2.45) is 11.8 Å². The molecule has 1 amide bonds. The number of hydrogen-bond acceptors (Lipinski definition) is 6.